The van der Waals surface area contributed by atoms with Gasteiger partial charge in [-0.15, -0.1) is 0 Å². The highest BCUT2D eigenvalue weighted by molar-refractivity contribution is 5.92. The Hall–Kier alpha value is -2.41. The summed E-state index contributed by atoms with van der Waals surface area (Å²) >= 11 is 0. The zero-order valence-electron chi connectivity index (χ0n) is 16.4. The third-order valence-electron chi connectivity index (χ3n) is 5.21. The monoisotopic (exact) mass is 372 g/mol. The molecule has 0 unspecified atom stereocenters. The molecule has 1 fully saturated rings. The highest BCUT2D eigenvalue weighted by Crippen LogP contribution is 2.19. The number of benzene rings is 1. The van der Waals surface area contributed by atoms with Crippen molar-refractivity contribution in [3.8, 4) is 5.75 Å². The summed E-state index contributed by atoms with van der Waals surface area (Å²) in [5, 5.41) is 7.42. The van der Waals surface area contributed by atoms with Crippen molar-refractivity contribution in [3.63, 3.8) is 0 Å². The number of piperidine rings is 1. The van der Waals surface area contributed by atoms with Gasteiger partial charge in [0.25, 0.3) is 5.91 Å². The van der Waals surface area contributed by atoms with E-state index in [1.165, 1.54) is 12.0 Å². The lowest BCUT2D eigenvalue weighted by atomic mass is 9.97. The summed E-state index contributed by atoms with van der Waals surface area (Å²) in [6, 6.07) is 8.27. The molecule has 1 aliphatic heterocycles. The quantitative estimate of drug-likeness (QED) is 0.743. The molecular formula is C20H28N4O3. The Balaban J connectivity index is 1.48. The van der Waals surface area contributed by atoms with Crippen LogP contribution in [0.25, 0.3) is 0 Å². The second-order valence-corrected chi connectivity index (χ2v) is 7.29. The highest BCUT2D eigenvalue weighted by Gasteiger charge is 2.25. The Morgan fingerprint density at radius 3 is 2.78 bits per heavy atom. The minimum absolute atomic E-state index is 0.121. The smallest absolute Gasteiger partial charge is 0.277 e. The van der Waals surface area contributed by atoms with Gasteiger partial charge in [0, 0.05) is 26.7 Å². The molecule has 7 heteroatoms. The molecule has 0 radical (unpaired) electrons. The Morgan fingerprint density at radius 2 is 2.11 bits per heavy atom. The average Bonchev–Trinajstić information content (AvgIpc) is 3.12. The molecule has 1 aliphatic rings. The molecule has 1 aromatic carbocycles. The minimum Gasteiger partial charge on any atom is -0.497 e. The van der Waals surface area contributed by atoms with Crippen LogP contribution in [0.4, 0.5) is 0 Å². The van der Waals surface area contributed by atoms with Gasteiger partial charge in [0.2, 0.25) is 0 Å². The summed E-state index contributed by atoms with van der Waals surface area (Å²) in [5.41, 5.74) is 2.17. The van der Waals surface area contributed by atoms with Gasteiger partial charge in [0.15, 0.2) is 5.69 Å². The molecule has 7 nitrogen and oxygen atoms in total. The summed E-state index contributed by atoms with van der Waals surface area (Å²) in [5.74, 6) is 1.25. The zero-order valence-corrected chi connectivity index (χ0v) is 16.4. The molecule has 0 spiro atoms. The van der Waals surface area contributed by atoms with E-state index in [1.54, 1.807) is 18.9 Å². The minimum atomic E-state index is -0.121. The molecule has 2 heterocycles. The first-order chi connectivity index (χ1) is 13.1. The maximum atomic E-state index is 12.5. The van der Waals surface area contributed by atoms with E-state index in [2.05, 4.69) is 32.0 Å². The second kappa shape index (κ2) is 8.99. The normalized spacial score (nSPS) is 17.7. The van der Waals surface area contributed by atoms with Gasteiger partial charge >= 0.3 is 0 Å². The van der Waals surface area contributed by atoms with E-state index in [9.17, 15) is 4.79 Å². The Bertz CT molecular complexity index is 744. The number of ether oxygens (including phenoxy) is 1. The number of rotatable bonds is 7. The molecule has 146 valence electrons. The fourth-order valence-electron chi connectivity index (χ4n) is 3.66. The second-order valence-electron chi connectivity index (χ2n) is 7.29. The summed E-state index contributed by atoms with van der Waals surface area (Å²) in [6.07, 6.45) is 3.34. The number of carbonyl (C=O) groups is 1. The number of hydrogen-bond acceptors (Lipinski definition) is 6. The van der Waals surface area contributed by atoms with E-state index >= 15 is 0 Å². The number of hydrogen-bond donors (Lipinski definition) is 0. The first-order valence-corrected chi connectivity index (χ1v) is 9.46. The lowest BCUT2D eigenvalue weighted by Crippen LogP contribution is -2.42. The predicted octanol–water partition coefficient (Wildman–Crippen LogP) is 2.41. The van der Waals surface area contributed by atoms with Crippen molar-refractivity contribution in [3.05, 3.63) is 41.2 Å². The van der Waals surface area contributed by atoms with E-state index in [-0.39, 0.29) is 5.91 Å². The molecule has 2 aromatic rings. The van der Waals surface area contributed by atoms with E-state index < -0.39 is 0 Å². The highest BCUT2D eigenvalue weighted by atomic mass is 16.6. The van der Waals surface area contributed by atoms with E-state index in [0.717, 1.165) is 44.8 Å². The average molecular weight is 372 g/mol. The SMILES string of the molecule is COc1ccc(CCN2CCC[C@@H](CN(C)C(=O)c3nonc3C)C2)cc1. The molecule has 0 N–H and O–H groups in total. The van der Waals surface area contributed by atoms with Crippen LogP contribution in [0.15, 0.2) is 28.9 Å². The standard InChI is InChI=1S/C20H28N4O3/c1-15-19(22-27-21-15)20(25)23(2)13-17-5-4-11-24(14-17)12-10-16-6-8-18(26-3)9-7-16/h6-9,17H,4-5,10-14H2,1-3H3/t17-/m0/s1. The number of aryl methyl sites for hydroxylation is 1. The largest absolute Gasteiger partial charge is 0.497 e. The van der Waals surface area contributed by atoms with Gasteiger partial charge in [0.05, 0.1) is 7.11 Å². The molecule has 1 aromatic heterocycles. The number of aromatic nitrogens is 2. The number of carbonyl (C=O) groups excluding carboxylic acids is 1. The molecule has 1 amide bonds. The lowest BCUT2D eigenvalue weighted by molar-refractivity contribution is 0.0719. The van der Waals surface area contributed by atoms with Crippen molar-refractivity contribution in [2.24, 2.45) is 5.92 Å². The van der Waals surface area contributed by atoms with Gasteiger partial charge in [-0.1, -0.05) is 17.3 Å². The Kier molecular flexibility index (Phi) is 6.45. The zero-order chi connectivity index (χ0) is 19.2. The summed E-state index contributed by atoms with van der Waals surface area (Å²) < 4.78 is 9.86. The van der Waals surface area contributed by atoms with Crippen LogP contribution in [0.1, 0.15) is 34.6 Å². The molecule has 1 atom stereocenters. The van der Waals surface area contributed by atoms with Gasteiger partial charge in [-0.25, -0.2) is 4.63 Å². The van der Waals surface area contributed by atoms with Gasteiger partial charge in [-0.3, -0.25) is 4.79 Å². The molecular weight excluding hydrogens is 344 g/mol. The van der Waals surface area contributed by atoms with E-state index in [4.69, 9.17) is 4.74 Å². The topological polar surface area (TPSA) is 71.7 Å². The fourth-order valence-corrected chi connectivity index (χ4v) is 3.66. The van der Waals surface area contributed by atoms with Crippen molar-refractivity contribution < 1.29 is 14.2 Å². The first kappa shape index (κ1) is 19.4. The molecule has 27 heavy (non-hydrogen) atoms. The summed E-state index contributed by atoms with van der Waals surface area (Å²) in [4.78, 5) is 16.7. The molecule has 3 rings (SSSR count). The van der Waals surface area contributed by atoms with E-state index in [1.807, 2.05) is 19.2 Å². The molecule has 0 saturated carbocycles. The summed E-state index contributed by atoms with van der Waals surface area (Å²) in [6.45, 7) is 5.64. The predicted molar refractivity (Wildman–Crippen MR) is 102 cm³/mol. The van der Waals surface area contributed by atoms with Crippen LogP contribution >= 0.6 is 0 Å². The third kappa shape index (κ3) is 5.07. The summed E-state index contributed by atoms with van der Waals surface area (Å²) in [7, 11) is 3.51. The number of nitrogens with zero attached hydrogens (tertiary/aromatic N) is 4. The van der Waals surface area contributed by atoms with Gasteiger partial charge in [-0.2, -0.15) is 0 Å². The third-order valence-corrected chi connectivity index (χ3v) is 5.21. The first-order valence-electron chi connectivity index (χ1n) is 9.46. The molecule has 0 bridgehead atoms. The number of amides is 1. The van der Waals surface area contributed by atoms with Crippen molar-refractivity contribution in [2.75, 3.05) is 40.3 Å². The van der Waals surface area contributed by atoms with Crippen molar-refractivity contribution in [2.45, 2.75) is 26.2 Å². The van der Waals surface area contributed by atoms with Crippen LogP contribution in [0, 0.1) is 12.8 Å². The van der Waals surface area contributed by atoms with Gasteiger partial charge in [-0.05, 0) is 61.5 Å². The number of likely N-dealkylation sites (tertiary alicyclic amines) is 1. The molecule has 1 saturated heterocycles. The van der Waals surface area contributed by atoms with Crippen LogP contribution < -0.4 is 4.74 Å². The Morgan fingerprint density at radius 1 is 1.33 bits per heavy atom. The van der Waals surface area contributed by atoms with Crippen molar-refractivity contribution >= 4 is 5.91 Å². The number of methoxy groups -OCH3 is 1. The van der Waals surface area contributed by atoms with Crippen LogP contribution in [0.3, 0.4) is 0 Å². The van der Waals surface area contributed by atoms with Crippen molar-refractivity contribution in [1.82, 2.24) is 20.1 Å². The lowest BCUT2D eigenvalue weighted by Gasteiger charge is -2.34. The fraction of sp³-hybridized carbons (Fsp3) is 0.550. The maximum Gasteiger partial charge on any atom is 0.277 e. The van der Waals surface area contributed by atoms with Crippen LogP contribution in [-0.2, 0) is 6.42 Å². The van der Waals surface area contributed by atoms with Crippen molar-refractivity contribution in [1.29, 1.82) is 0 Å². The Labute approximate surface area is 160 Å². The maximum absolute atomic E-state index is 12.5. The van der Waals surface area contributed by atoms with E-state index in [0.29, 0.717) is 17.3 Å². The van der Waals surface area contributed by atoms with Crippen LogP contribution in [-0.4, -0.2) is 66.4 Å². The van der Waals surface area contributed by atoms with Crippen LogP contribution in [0.2, 0.25) is 0 Å². The van der Waals surface area contributed by atoms with Crippen LogP contribution in [0.5, 0.6) is 5.75 Å². The van der Waals surface area contributed by atoms with Gasteiger partial charge in [0.1, 0.15) is 11.4 Å². The molecule has 0 aliphatic carbocycles. The van der Waals surface area contributed by atoms with Gasteiger partial charge < -0.3 is 14.5 Å².